The van der Waals surface area contributed by atoms with E-state index in [4.69, 9.17) is 0 Å². The molecular weight excluding hydrogens is 603 g/mol. The van der Waals surface area contributed by atoms with Crippen molar-refractivity contribution in [3.8, 4) is 22.3 Å². The molecule has 0 heterocycles. The number of aryl methyl sites for hydroxylation is 2. The van der Waals surface area contributed by atoms with E-state index < -0.39 is 0 Å². The van der Waals surface area contributed by atoms with Crippen LogP contribution in [-0.4, -0.2) is 0 Å². The second kappa shape index (κ2) is 12.1. The molecular formula is C49H37N. The number of anilines is 3. The van der Waals surface area contributed by atoms with Crippen molar-refractivity contribution in [2.45, 2.75) is 20.8 Å². The lowest BCUT2D eigenvalue weighted by molar-refractivity contribution is 1.31. The fourth-order valence-corrected chi connectivity index (χ4v) is 7.93. The summed E-state index contributed by atoms with van der Waals surface area (Å²) in [7, 11) is 0. The molecule has 0 spiro atoms. The van der Waals surface area contributed by atoms with Gasteiger partial charge in [-0.05, 0) is 134 Å². The van der Waals surface area contributed by atoms with E-state index in [1.165, 1.54) is 82.0 Å². The summed E-state index contributed by atoms with van der Waals surface area (Å²) in [6, 6.07) is 62.4. The molecule has 238 valence electrons. The zero-order valence-electron chi connectivity index (χ0n) is 28.6. The third-order valence-corrected chi connectivity index (χ3v) is 10.5. The summed E-state index contributed by atoms with van der Waals surface area (Å²) in [5.74, 6) is 0. The van der Waals surface area contributed by atoms with Crippen LogP contribution in [0.1, 0.15) is 16.7 Å². The maximum absolute atomic E-state index is 2.44. The predicted octanol–water partition coefficient (Wildman–Crippen LogP) is 14.0. The highest BCUT2D eigenvalue weighted by atomic mass is 15.1. The first-order valence-corrected chi connectivity index (χ1v) is 17.4. The van der Waals surface area contributed by atoms with E-state index >= 15 is 0 Å². The van der Waals surface area contributed by atoms with Crippen LogP contribution in [0.15, 0.2) is 170 Å². The van der Waals surface area contributed by atoms with Gasteiger partial charge in [0.25, 0.3) is 0 Å². The molecule has 0 aliphatic heterocycles. The molecule has 0 unspecified atom stereocenters. The summed E-state index contributed by atoms with van der Waals surface area (Å²) in [5, 5.41) is 9.93. The van der Waals surface area contributed by atoms with Gasteiger partial charge in [0.15, 0.2) is 0 Å². The zero-order chi connectivity index (χ0) is 33.8. The van der Waals surface area contributed by atoms with Crippen molar-refractivity contribution >= 4 is 60.2 Å². The molecule has 50 heavy (non-hydrogen) atoms. The van der Waals surface area contributed by atoms with Gasteiger partial charge in [-0.25, -0.2) is 0 Å². The topological polar surface area (TPSA) is 3.24 Å². The van der Waals surface area contributed by atoms with E-state index in [-0.39, 0.29) is 0 Å². The lowest BCUT2D eigenvalue weighted by Gasteiger charge is -2.28. The summed E-state index contributed by atoms with van der Waals surface area (Å²) < 4.78 is 0. The van der Waals surface area contributed by atoms with E-state index in [0.29, 0.717) is 0 Å². The average molecular weight is 640 g/mol. The van der Waals surface area contributed by atoms with Gasteiger partial charge in [0.2, 0.25) is 0 Å². The summed E-state index contributed by atoms with van der Waals surface area (Å²) >= 11 is 0. The zero-order valence-corrected chi connectivity index (χ0v) is 28.6. The Morgan fingerprint density at radius 3 is 1.70 bits per heavy atom. The quantitative estimate of drug-likeness (QED) is 0.169. The fraction of sp³-hybridized carbons (Fsp3) is 0.0612. The number of fused-ring (bicyclic) bond motifs is 5. The Morgan fingerprint density at radius 2 is 0.920 bits per heavy atom. The van der Waals surface area contributed by atoms with E-state index in [2.05, 4.69) is 196 Å². The molecule has 0 radical (unpaired) electrons. The normalized spacial score (nSPS) is 11.5. The van der Waals surface area contributed by atoms with E-state index in [1.807, 2.05) is 0 Å². The molecule has 0 atom stereocenters. The highest BCUT2D eigenvalue weighted by molar-refractivity contribution is 6.16. The SMILES string of the molecule is Cc1ccccc1-c1cc2c(ccc3ccc(N(c4ccc5ccccc5c4)c4cccc5ccccc45)cc32)c(-c2ccccc2C)c1C. The van der Waals surface area contributed by atoms with Crippen LogP contribution in [0.25, 0.3) is 65.3 Å². The van der Waals surface area contributed by atoms with Gasteiger partial charge in [0.05, 0.1) is 5.69 Å². The van der Waals surface area contributed by atoms with Crippen LogP contribution in [0.5, 0.6) is 0 Å². The highest BCUT2D eigenvalue weighted by Gasteiger charge is 2.20. The van der Waals surface area contributed by atoms with Crippen LogP contribution in [0.4, 0.5) is 17.1 Å². The smallest absolute Gasteiger partial charge is 0.0540 e. The number of rotatable bonds is 5. The second-order valence-electron chi connectivity index (χ2n) is 13.5. The number of hydrogen-bond donors (Lipinski definition) is 0. The van der Waals surface area contributed by atoms with Crippen molar-refractivity contribution in [1.29, 1.82) is 0 Å². The van der Waals surface area contributed by atoms with Crippen LogP contribution in [0.3, 0.4) is 0 Å². The Labute approximate surface area is 293 Å². The average Bonchev–Trinajstić information content (AvgIpc) is 3.15. The van der Waals surface area contributed by atoms with Crippen molar-refractivity contribution in [3.05, 3.63) is 187 Å². The number of nitrogens with zero attached hydrogens (tertiary/aromatic N) is 1. The van der Waals surface area contributed by atoms with Crippen LogP contribution in [-0.2, 0) is 0 Å². The van der Waals surface area contributed by atoms with Crippen molar-refractivity contribution in [2.24, 2.45) is 0 Å². The first-order chi connectivity index (χ1) is 24.5. The summed E-state index contributed by atoms with van der Waals surface area (Å²) in [6.45, 7) is 6.75. The summed E-state index contributed by atoms with van der Waals surface area (Å²) in [6.07, 6.45) is 0. The number of hydrogen-bond acceptors (Lipinski definition) is 1. The van der Waals surface area contributed by atoms with Gasteiger partial charge in [-0.2, -0.15) is 0 Å². The van der Waals surface area contributed by atoms with Crippen molar-refractivity contribution in [3.63, 3.8) is 0 Å². The molecule has 1 heteroatoms. The van der Waals surface area contributed by atoms with Crippen LogP contribution in [0.2, 0.25) is 0 Å². The van der Waals surface area contributed by atoms with Gasteiger partial charge < -0.3 is 4.90 Å². The minimum absolute atomic E-state index is 1.13. The van der Waals surface area contributed by atoms with Gasteiger partial charge in [0, 0.05) is 16.8 Å². The second-order valence-corrected chi connectivity index (χ2v) is 13.5. The van der Waals surface area contributed by atoms with Crippen molar-refractivity contribution in [1.82, 2.24) is 0 Å². The first-order valence-electron chi connectivity index (χ1n) is 17.4. The molecule has 0 saturated heterocycles. The molecule has 0 aliphatic rings. The monoisotopic (exact) mass is 639 g/mol. The predicted molar refractivity (Wildman–Crippen MR) is 216 cm³/mol. The Bertz CT molecular complexity index is 2750. The lowest BCUT2D eigenvalue weighted by atomic mass is 9.84. The van der Waals surface area contributed by atoms with Crippen LogP contribution in [0, 0.1) is 20.8 Å². The molecule has 1 nitrogen and oxygen atoms in total. The third kappa shape index (κ3) is 4.94. The minimum Gasteiger partial charge on any atom is -0.310 e. The summed E-state index contributed by atoms with van der Waals surface area (Å²) in [5.41, 5.74) is 12.5. The molecule has 0 aromatic heterocycles. The van der Waals surface area contributed by atoms with Gasteiger partial charge >= 0.3 is 0 Å². The Kier molecular flexibility index (Phi) is 7.21. The van der Waals surface area contributed by atoms with E-state index in [9.17, 15) is 0 Å². The fourth-order valence-electron chi connectivity index (χ4n) is 7.93. The highest BCUT2D eigenvalue weighted by Crippen LogP contribution is 2.45. The standard InChI is InChI=1S/C49H37N/c1-32-13-4-9-19-41(32)45-31-47-44(49(34(45)3)42-20-10-5-14-33(42)2)28-25-37-24-27-40(30-46(37)47)50(39-26-23-35-15-6-7-17-38(35)29-39)48-22-12-18-36-16-8-11-21-43(36)48/h4-31H,1-3H3. The van der Waals surface area contributed by atoms with Crippen molar-refractivity contribution < 1.29 is 0 Å². The molecule has 9 rings (SSSR count). The Morgan fingerprint density at radius 1 is 0.340 bits per heavy atom. The lowest BCUT2D eigenvalue weighted by Crippen LogP contribution is -2.10. The van der Waals surface area contributed by atoms with E-state index in [0.717, 1.165) is 17.1 Å². The van der Waals surface area contributed by atoms with Gasteiger partial charge in [-0.3, -0.25) is 0 Å². The molecule has 0 N–H and O–H groups in total. The molecule has 9 aromatic rings. The van der Waals surface area contributed by atoms with Crippen LogP contribution < -0.4 is 4.90 Å². The minimum atomic E-state index is 1.13. The van der Waals surface area contributed by atoms with Gasteiger partial charge in [-0.15, -0.1) is 0 Å². The summed E-state index contributed by atoms with van der Waals surface area (Å²) in [4.78, 5) is 2.44. The molecule has 9 aromatic carbocycles. The molecule has 0 fully saturated rings. The third-order valence-electron chi connectivity index (χ3n) is 10.5. The van der Waals surface area contributed by atoms with Crippen molar-refractivity contribution in [2.75, 3.05) is 4.90 Å². The maximum atomic E-state index is 2.44. The molecule has 0 amide bonds. The Hall–Kier alpha value is -6.18. The van der Waals surface area contributed by atoms with Gasteiger partial charge in [-0.1, -0.05) is 133 Å². The Balaban J connectivity index is 1.37. The maximum Gasteiger partial charge on any atom is 0.0540 e. The number of benzene rings is 9. The molecule has 0 aliphatic carbocycles. The molecule has 0 saturated carbocycles. The largest absolute Gasteiger partial charge is 0.310 e. The van der Waals surface area contributed by atoms with E-state index in [1.54, 1.807) is 0 Å². The first kappa shape index (κ1) is 29.9. The molecule has 0 bridgehead atoms. The van der Waals surface area contributed by atoms with Crippen LogP contribution >= 0.6 is 0 Å². The van der Waals surface area contributed by atoms with Gasteiger partial charge in [0.1, 0.15) is 0 Å².